The van der Waals surface area contributed by atoms with Crippen LogP contribution in [0.3, 0.4) is 0 Å². The third kappa shape index (κ3) is 3.76. The number of halogens is 1. The zero-order valence-electron chi connectivity index (χ0n) is 10.4. The average molecular weight is 317 g/mol. The van der Waals surface area contributed by atoms with Gasteiger partial charge in [0.15, 0.2) is 0 Å². The van der Waals surface area contributed by atoms with Crippen molar-refractivity contribution in [2.45, 2.75) is 6.92 Å². The summed E-state index contributed by atoms with van der Waals surface area (Å²) in [5.41, 5.74) is 4.87. The van der Waals surface area contributed by atoms with E-state index in [4.69, 9.17) is 0 Å². The Morgan fingerprint density at radius 2 is 1.63 bits per heavy atom. The number of carbonyl (C=O) groups excluding carboxylic acids is 1. The van der Waals surface area contributed by atoms with Crippen molar-refractivity contribution < 1.29 is 4.79 Å². The van der Waals surface area contributed by atoms with Gasteiger partial charge in [-0.1, -0.05) is 46.3 Å². The summed E-state index contributed by atoms with van der Waals surface area (Å²) in [7, 11) is 0. The highest BCUT2D eigenvalue weighted by atomic mass is 79.9. The van der Waals surface area contributed by atoms with Crippen LogP contribution >= 0.6 is 15.9 Å². The van der Waals surface area contributed by atoms with E-state index < -0.39 is 0 Å². The van der Waals surface area contributed by atoms with E-state index in [-0.39, 0.29) is 5.91 Å². The van der Waals surface area contributed by atoms with Gasteiger partial charge < -0.3 is 0 Å². The van der Waals surface area contributed by atoms with Crippen LogP contribution in [0.25, 0.3) is 0 Å². The molecule has 0 aliphatic carbocycles. The van der Waals surface area contributed by atoms with Gasteiger partial charge >= 0.3 is 0 Å². The van der Waals surface area contributed by atoms with Gasteiger partial charge in [0.05, 0.1) is 5.71 Å². The Hall–Kier alpha value is -1.94. The minimum Gasteiger partial charge on any atom is -0.267 e. The van der Waals surface area contributed by atoms with E-state index in [2.05, 4.69) is 26.5 Å². The van der Waals surface area contributed by atoms with E-state index in [1.54, 1.807) is 12.1 Å². The molecule has 0 aliphatic rings. The summed E-state index contributed by atoms with van der Waals surface area (Å²) in [5.74, 6) is -0.211. The molecule has 2 aromatic carbocycles. The van der Waals surface area contributed by atoms with Crippen molar-refractivity contribution >= 4 is 27.5 Å². The fourth-order valence-corrected chi connectivity index (χ4v) is 1.81. The summed E-state index contributed by atoms with van der Waals surface area (Å²) < 4.78 is 1.01. The van der Waals surface area contributed by atoms with E-state index in [9.17, 15) is 4.79 Å². The highest BCUT2D eigenvalue weighted by Gasteiger charge is 2.03. The summed E-state index contributed by atoms with van der Waals surface area (Å²) in [6.45, 7) is 1.86. The lowest BCUT2D eigenvalue weighted by molar-refractivity contribution is 0.0955. The Labute approximate surface area is 120 Å². The summed E-state index contributed by atoms with van der Waals surface area (Å²) in [6.07, 6.45) is 0. The molecule has 0 unspecified atom stereocenters. The normalized spacial score (nSPS) is 11.2. The molecule has 1 amide bonds. The first-order valence-corrected chi connectivity index (χ1v) is 6.62. The first-order chi connectivity index (χ1) is 9.16. The van der Waals surface area contributed by atoms with Crippen LogP contribution in [0.5, 0.6) is 0 Å². The molecular weight excluding hydrogens is 304 g/mol. The quantitative estimate of drug-likeness (QED) is 0.682. The van der Waals surface area contributed by atoms with Crippen LogP contribution in [0.15, 0.2) is 64.2 Å². The number of carbonyl (C=O) groups is 1. The topological polar surface area (TPSA) is 41.5 Å². The molecule has 0 spiro atoms. The minimum atomic E-state index is -0.211. The van der Waals surface area contributed by atoms with Crippen LogP contribution in [0.2, 0.25) is 0 Å². The smallest absolute Gasteiger partial charge is 0.267 e. The third-order valence-electron chi connectivity index (χ3n) is 2.62. The molecule has 4 heteroatoms. The number of hydrazone groups is 1. The van der Waals surface area contributed by atoms with Gasteiger partial charge in [0.25, 0.3) is 5.91 Å². The number of nitrogens with zero attached hydrogens (tertiary/aromatic N) is 1. The standard InChI is InChI=1S/C15H13BrN2O/c1-11(12-7-9-14(16)10-8-12)17-18-15(19)13-5-3-2-4-6-13/h2-10H,1H3,(H,18,19)/b17-11+. The Kier molecular flexibility index (Phi) is 4.47. The lowest BCUT2D eigenvalue weighted by Crippen LogP contribution is -2.19. The summed E-state index contributed by atoms with van der Waals surface area (Å²) >= 11 is 3.38. The monoisotopic (exact) mass is 316 g/mol. The molecule has 19 heavy (non-hydrogen) atoms. The molecule has 0 atom stereocenters. The zero-order chi connectivity index (χ0) is 13.7. The second kappa shape index (κ2) is 6.29. The van der Waals surface area contributed by atoms with Gasteiger partial charge in [0.1, 0.15) is 0 Å². The predicted octanol–water partition coefficient (Wildman–Crippen LogP) is 3.60. The van der Waals surface area contributed by atoms with Gasteiger partial charge in [0.2, 0.25) is 0 Å². The van der Waals surface area contributed by atoms with Gasteiger partial charge in [-0.15, -0.1) is 0 Å². The van der Waals surface area contributed by atoms with E-state index in [1.165, 1.54) is 0 Å². The Morgan fingerprint density at radius 1 is 1.00 bits per heavy atom. The number of hydrogen-bond acceptors (Lipinski definition) is 2. The Bertz CT molecular complexity index is 591. The summed E-state index contributed by atoms with van der Waals surface area (Å²) in [5, 5.41) is 4.10. The molecule has 0 saturated heterocycles. The first kappa shape index (κ1) is 13.5. The van der Waals surface area contributed by atoms with Crippen molar-refractivity contribution in [3.63, 3.8) is 0 Å². The van der Waals surface area contributed by atoms with E-state index in [0.717, 1.165) is 15.7 Å². The number of rotatable bonds is 3. The number of amides is 1. The molecule has 0 radical (unpaired) electrons. The molecule has 0 saturated carbocycles. The molecule has 0 bridgehead atoms. The first-order valence-electron chi connectivity index (χ1n) is 5.82. The Balaban J connectivity index is 2.06. The molecule has 0 heterocycles. The molecule has 96 valence electrons. The Morgan fingerprint density at radius 3 is 2.26 bits per heavy atom. The minimum absolute atomic E-state index is 0.211. The predicted molar refractivity (Wildman–Crippen MR) is 80.3 cm³/mol. The maximum atomic E-state index is 11.8. The summed E-state index contributed by atoms with van der Waals surface area (Å²) in [4.78, 5) is 11.8. The highest BCUT2D eigenvalue weighted by Crippen LogP contribution is 2.11. The van der Waals surface area contributed by atoms with Crippen LogP contribution in [-0.4, -0.2) is 11.6 Å². The number of benzene rings is 2. The molecule has 0 aromatic heterocycles. The van der Waals surface area contributed by atoms with Crippen LogP contribution in [0.4, 0.5) is 0 Å². The molecular formula is C15H13BrN2O. The van der Waals surface area contributed by atoms with E-state index in [1.807, 2.05) is 49.4 Å². The zero-order valence-corrected chi connectivity index (χ0v) is 12.0. The van der Waals surface area contributed by atoms with Gasteiger partial charge in [-0.25, -0.2) is 5.43 Å². The second-order valence-corrected chi connectivity index (χ2v) is 4.93. The van der Waals surface area contributed by atoms with Crippen LogP contribution in [0, 0.1) is 0 Å². The number of hydrogen-bond donors (Lipinski definition) is 1. The van der Waals surface area contributed by atoms with Gasteiger partial charge in [-0.05, 0) is 36.8 Å². The van der Waals surface area contributed by atoms with Gasteiger partial charge in [-0.3, -0.25) is 4.79 Å². The third-order valence-corrected chi connectivity index (χ3v) is 3.15. The van der Waals surface area contributed by atoms with Crippen molar-refractivity contribution in [1.29, 1.82) is 0 Å². The van der Waals surface area contributed by atoms with Gasteiger partial charge in [0, 0.05) is 10.0 Å². The highest BCUT2D eigenvalue weighted by molar-refractivity contribution is 9.10. The van der Waals surface area contributed by atoms with Crippen molar-refractivity contribution in [1.82, 2.24) is 5.43 Å². The van der Waals surface area contributed by atoms with Gasteiger partial charge in [-0.2, -0.15) is 5.10 Å². The van der Waals surface area contributed by atoms with Crippen molar-refractivity contribution in [2.75, 3.05) is 0 Å². The van der Waals surface area contributed by atoms with Crippen molar-refractivity contribution in [3.8, 4) is 0 Å². The molecule has 3 nitrogen and oxygen atoms in total. The van der Waals surface area contributed by atoms with E-state index in [0.29, 0.717) is 5.56 Å². The number of nitrogens with one attached hydrogen (secondary N) is 1. The fourth-order valence-electron chi connectivity index (χ4n) is 1.54. The summed E-state index contributed by atoms with van der Waals surface area (Å²) in [6, 6.07) is 16.8. The maximum Gasteiger partial charge on any atom is 0.271 e. The van der Waals surface area contributed by atoms with Crippen LogP contribution in [0.1, 0.15) is 22.8 Å². The van der Waals surface area contributed by atoms with Crippen molar-refractivity contribution in [3.05, 3.63) is 70.2 Å². The van der Waals surface area contributed by atoms with Crippen LogP contribution < -0.4 is 5.43 Å². The van der Waals surface area contributed by atoms with Crippen LogP contribution in [-0.2, 0) is 0 Å². The molecule has 2 rings (SSSR count). The molecule has 2 aromatic rings. The lowest BCUT2D eigenvalue weighted by atomic mass is 10.1. The average Bonchev–Trinajstić information content (AvgIpc) is 2.46. The molecule has 1 N–H and O–H groups in total. The lowest BCUT2D eigenvalue weighted by Gasteiger charge is -2.03. The second-order valence-electron chi connectivity index (χ2n) is 4.01. The largest absolute Gasteiger partial charge is 0.271 e. The maximum absolute atomic E-state index is 11.8. The molecule has 0 fully saturated rings. The van der Waals surface area contributed by atoms with Crippen molar-refractivity contribution in [2.24, 2.45) is 5.10 Å². The molecule has 0 aliphatic heterocycles. The SMILES string of the molecule is C/C(=N\NC(=O)c1ccccc1)c1ccc(Br)cc1. The fraction of sp³-hybridized carbons (Fsp3) is 0.0667. The van der Waals surface area contributed by atoms with E-state index >= 15 is 0 Å².